The Balaban J connectivity index is 1.52. The maximum atomic E-state index is 4.45. The smallest absolute Gasteiger partial charge is 0.0372 e. The van der Waals surface area contributed by atoms with Gasteiger partial charge in [-0.1, -0.05) is 13.0 Å². The molecule has 0 saturated carbocycles. The Labute approximate surface area is 135 Å². The minimum atomic E-state index is 0.822. The van der Waals surface area contributed by atoms with Gasteiger partial charge in [0.05, 0.1) is 0 Å². The summed E-state index contributed by atoms with van der Waals surface area (Å²) in [5.41, 5.74) is 2.54. The van der Waals surface area contributed by atoms with E-state index in [0.29, 0.717) is 0 Å². The molecule has 3 heterocycles. The van der Waals surface area contributed by atoms with Crippen molar-refractivity contribution >= 4 is 0 Å². The van der Waals surface area contributed by atoms with E-state index in [0.717, 1.165) is 17.7 Å². The molecule has 2 fully saturated rings. The number of aryl methyl sites for hydroxylation is 1. The van der Waals surface area contributed by atoms with Crippen molar-refractivity contribution in [3.05, 3.63) is 29.6 Å². The van der Waals surface area contributed by atoms with E-state index >= 15 is 0 Å². The van der Waals surface area contributed by atoms with Crippen LogP contribution >= 0.6 is 0 Å². The third-order valence-corrected chi connectivity index (χ3v) is 5.57. The summed E-state index contributed by atoms with van der Waals surface area (Å²) in [5.74, 6) is 0.822. The molecule has 1 aromatic heterocycles. The minimum absolute atomic E-state index is 0.822. The molecule has 22 heavy (non-hydrogen) atoms. The highest BCUT2D eigenvalue weighted by atomic mass is 15.2. The van der Waals surface area contributed by atoms with Gasteiger partial charge in [-0.05, 0) is 82.8 Å². The lowest BCUT2D eigenvalue weighted by Gasteiger charge is -2.42. The zero-order valence-corrected chi connectivity index (χ0v) is 14.3. The van der Waals surface area contributed by atoms with Gasteiger partial charge in [0, 0.05) is 24.5 Å². The Morgan fingerprint density at radius 2 is 1.95 bits per heavy atom. The van der Waals surface area contributed by atoms with E-state index in [2.05, 4.69) is 47.0 Å². The predicted octanol–water partition coefficient (Wildman–Crippen LogP) is 3.13. The third kappa shape index (κ3) is 4.08. The molecular weight excluding hydrogens is 270 g/mol. The number of piperidine rings is 2. The Kier molecular flexibility index (Phi) is 5.48. The van der Waals surface area contributed by atoms with Crippen LogP contribution in [0.5, 0.6) is 0 Å². The zero-order chi connectivity index (χ0) is 15.4. The van der Waals surface area contributed by atoms with E-state index in [1.54, 1.807) is 0 Å². The van der Waals surface area contributed by atoms with Gasteiger partial charge in [0.15, 0.2) is 0 Å². The molecule has 0 unspecified atom stereocenters. The second kappa shape index (κ2) is 7.56. The Hall–Kier alpha value is -0.930. The second-order valence-electron chi connectivity index (χ2n) is 7.18. The summed E-state index contributed by atoms with van der Waals surface area (Å²) in [4.78, 5) is 9.84. The average molecular weight is 301 g/mol. The van der Waals surface area contributed by atoms with Crippen molar-refractivity contribution in [3.63, 3.8) is 0 Å². The first-order chi connectivity index (χ1) is 10.7. The van der Waals surface area contributed by atoms with Crippen molar-refractivity contribution in [3.8, 4) is 0 Å². The quantitative estimate of drug-likeness (QED) is 0.852. The number of hydrogen-bond acceptors (Lipinski definition) is 3. The molecule has 0 spiro atoms. The largest absolute Gasteiger partial charge is 0.303 e. The van der Waals surface area contributed by atoms with Crippen LogP contribution in [0.3, 0.4) is 0 Å². The van der Waals surface area contributed by atoms with Crippen molar-refractivity contribution in [2.24, 2.45) is 5.92 Å². The Morgan fingerprint density at radius 3 is 2.64 bits per heavy atom. The first-order valence-corrected chi connectivity index (χ1v) is 9.12. The fourth-order valence-electron chi connectivity index (χ4n) is 4.15. The summed E-state index contributed by atoms with van der Waals surface area (Å²) in [6.07, 6.45) is 8.78. The first kappa shape index (κ1) is 15.9. The summed E-state index contributed by atoms with van der Waals surface area (Å²) in [5, 5.41) is 0. The third-order valence-electron chi connectivity index (χ3n) is 5.57. The second-order valence-corrected chi connectivity index (χ2v) is 7.18. The van der Waals surface area contributed by atoms with Gasteiger partial charge < -0.3 is 9.80 Å². The molecule has 2 saturated heterocycles. The van der Waals surface area contributed by atoms with Gasteiger partial charge in [0.1, 0.15) is 0 Å². The van der Waals surface area contributed by atoms with Crippen molar-refractivity contribution < 1.29 is 0 Å². The maximum Gasteiger partial charge on any atom is 0.0372 e. The van der Waals surface area contributed by atoms with Crippen LogP contribution in [0.1, 0.15) is 43.9 Å². The molecule has 0 N–H and O–H groups in total. The summed E-state index contributed by atoms with van der Waals surface area (Å²) >= 11 is 0. The first-order valence-electron chi connectivity index (χ1n) is 9.12. The summed E-state index contributed by atoms with van der Waals surface area (Å²) in [6, 6.07) is 5.25. The predicted molar refractivity (Wildman–Crippen MR) is 92.1 cm³/mol. The molecule has 0 bridgehead atoms. The van der Waals surface area contributed by atoms with Gasteiger partial charge in [-0.25, -0.2) is 0 Å². The molecular formula is C19H31N3. The Morgan fingerprint density at radius 1 is 1.14 bits per heavy atom. The van der Waals surface area contributed by atoms with E-state index in [4.69, 9.17) is 0 Å². The van der Waals surface area contributed by atoms with Crippen LogP contribution in [-0.2, 0) is 6.42 Å². The van der Waals surface area contributed by atoms with Crippen LogP contribution in [0.15, 0.2) is 18.3 Å². The van der Waals surface area contributed by atoms with Crippen molar-refractivity contribution in [1.29, 1.82) is 0 Å². The topological polar surface area (TPSA) is 19.4 Å². The highest BCUT2D eigenvalue weighted by Gasteiger charge is 2.28. The number of pyridine rings is 1. The lowest BCUT2D eigenvalue weighted by atomic mass is 9.89. The Bertz CT molecular complexity index is 448. The molecule has 1 atom stereocenters. The van der Waals surface area contributed by atoms with Crippen LogP contribution in [0, 0.1) is 12.8 Å². The molecule has 3 heteroatoms. The number of hydrogen-bond donors (Lipinski definition) is 0. The SMILES string of the molecule is CCN1CCC(N2CCC[C@H](Cc3ccc(C)nc3)C2)CC1. The normalized spacial score (nSPS) is 25.5. The summed E-state index contributed by atoms with van der Waals surface area (Å²) in [7, 11) is 0. The highest BCUT2D eigenvalue weighted by Crippen LogP contribution is 2.25. The van der Waals surface area contributed by atoms with E-state index in [9.17, 15) is 0 Å². The zero-order valence-electron chi connectivity index (χ0n) is 14.3. The maximum absolute atomic E-state index is 4.45. The molecule has 3 rings (SSSR count). The van der Waals surface area contributed by atoms with Gasteiger partial charge in [-0.3, -0.25) is 4.98 Å². The number of aromatic nitrogens is 1. The fraction of sp³-hybridized carbons (Fsp3) is 0.737. The monoisotopic (exact) mass is 301 g/mol. The summed E-state index contributed by atoms with van der Waals surface area (Å²) < 4.78 is 0. The van der Waals surface area contributed by atoms with E-state index in [1.807, 2.05) is 0 Å². The van der Waals surface area contributed by atoms with Crippen molar-refractivity contribution in [1.82, 2.24) is 14.8 Å². The van der Waals surface area contributed by atoms with E-state index < -0.39 is 0 Å². The van der Waals surface area contributed by atoms with Crippen LogP contribution in [0.25, 0.3) is 0 Å². The number of nitrogens with zero attached hydrogens (tertiary/aromatic N) is 3. The van der Waals surface area contributed by atoms with E-state index in [1.165, 1.54) is 70.4 Å². The van der Waals surface area contributed by atoms with Gasteiger partial charge in [0.2, 0.25) is 0 Å². The lowest BCUT2D eigenvalue weighted by Crippen LogP contribution is -2.48. The molecule has 3 nitrogen and oxygen atoms in total. The standard InChI is InChI=1S/C19H31N3/c1-3-21-11-8-19(9-12-21)22-10-4-5-18(15-22)13-17-7-6-16(2)20-14-17/h6-7,14,18-19H,3-5,8-13,15H2,1-2H3/t18-/m1/s1. The van der Waals surface area contributed by atoms with Gasteiger partial charge >= 0.3 is 0 Å². The molecule has 0 radical (unpaired) electrons. The number of rotatable bonds is 4. The van der Waals surface area contributed by atoms with Gasteiger partial charge in [-0.2, -0.15) is 0 Å². The minimum Gasteiger partial charge on any atom is -0.303 e. The number of likely N-dealkylation sites (tertiary alicyclic amines) is 2. The molecule has 2 aliphatic heterocycles. The molecule has 2 aliphatic rings. The highest BCUT2D eigenvalue weighted by molar-refractivity contribution is 5.14. The van der Waals surface area contributed by atoms with Gasteiger partial charge in [0.25, 0.3) is 0 Å². The fourth-order valence-corrected chi connectivity index (χ4v) is 4.15. The average Bonchev–Trinajstić information content (AvgIpc) is 2.57. The molecule has 0 aromatic carbocycles. The lowest BCUT2D eigenvalue weighted by molar-refractivity contribution is 0.0731. The molecule has 0 amide bonds. The van der Waals surface area contributed by atoms with Crippen molar-refractivity contribution in [2.75, 3.05) is 32.7 Å². The van der Waals surface area contributed by atoms with Crippen LogP contribution in [0.2, 0.25) is 0 Å². The molecule has 0 aliphatic carbocycles. The van der Waals surface area contributed by atoms with Gasteiger partial charge in [-0.15, -0.1) is 0 Å². The van der Waals surface area contributed by atoms with E-state index in [-0.39, 0.29) is 0 Å². The van der Waals surface area contributed by atoms with Crippen LogP contribution in [0.4, 0.5) is 0 Å². The molecule has 122 valence electrons. The van der Waals surface area contributed by atoms with Crippen LogP contribution in [-0.4, -0.2) is 53.5 Å². The van der Waals surface area contributed by atoms with Crippen LogP contribution < -0.4 is 0 Å². The summed E-state index contributed by atoms with van der Waals surface area (Å²) in [6.45, 7) is 10.8. The molecule has 1 aromatic rings. The van der Waals surface area contributed by atoms with Crippen molar-refractivity contribution in [2.45, 2.75) is 52.0 Å².